The van der Waals surface area contributed by atoms with Crippen LogP contribution in [0, 0.1) is 0 Å². The van der Waals surface area contributed by atoms with Crippen molar-refractivity contribution in [2.45, 2.75) is 19.5 Å². The van der Waals surface area contributed by atoms with E-state index in [2.05, 4.69) is 25.3 Å². The quantitative estimate of drug-likeness (QED) is 0.317. The molecule has 36 heavy (non-hydrogen) atoms. The monoisotopic (exact) mass is 494 g/mol. The van der Waals surface area contributed by atoms with Crippen LogP contribution in [0.4, 0.5) is 23.7 Å². The van der Waals surface area contributed by atoms with E-state index in [9.17, 15) is 18.0 Å². The number of urea groups is 1. The second kappa shape index (κ2) is 11.2. The third-order valence-electron chi connectivity index (χ3n) is 4.97. The number of hydrogen-bond acceptors (Lipinski definition) is 5. The molecule has 184 valence electrons. The van der Waals surface area contributed by atoms with Crippen molar-refractivity contribution in [1.29, 1.82) is 0 Å². The van der Waals surface area contributed by atoms with Gasteiger partial charge in [0.25, 0.3) is 0 Å². The molecule has 0 aliphatic heterocycles. The van der Waals surface area contributed by atoms with Gasteiger partial charge in [0.05, 0.1) is 0 Å². The Morgan fingerprint density at radius 3 is 2.28 bits per heavy atom. The zero-order valence-corrected chi connectivity index (χ0v) is 18.8. The number of aromatic nitrogens is 2. The fraction of sp³-hybridized carbons (Fsp3) is 0.115. The molecule has 7 nitrogen and oxygen atoms in total. The average molecular weight is 494 g/mol. The van der Waals surface area contributed by atoms with Crippen LogP contribution in [0.25, 0.3) is 11.1 Å². The number of nitrogens with one attached hydrogen (secondary N) is 2. The molecule has 2 aromatic heterocycles. The number of amides is 2. The molecule has 0 aliphatic carbocycles. The standard InChI is InChI=1S/C26H21F3N4O3/c27-26(28,29)36-23-8-5-20(24(13-23)19-4-2-12-31-16-19)17-35-22-9-6-21(7-10-22)33-25(34)32-15-18-3-1-11-30-14-18/h1-14,16H,15,17H2,(H2,32,33,34). The van der Waals surface area contributed by atoms with E-state index in [0.29, 0.717) is 34.7 Å². The predicted octanol–water partition coefficient (Wildman–Crippen LogP) is 5.94. The molecule has 0 fully saturated rings. The number of carbonyl (C=O) groups is 1. The lowest BCUT2D eigenvalue weighted by Gasteiger charge is -2.15. The van der Waals surface area contributed by atoms with Gasteiger partial charge >= 0.3 is 12.4 Å². The van der Waals surface area contributed by atoms with Crippen molar-refractivity contribution < 1.29 is 27.4 Å². The number of benzene rings is 2. The molecule has 0 saturated heterocycles. The SMILES string of the molecule is O=C(NCc1cccnc1)Nc1ccc(OCc2ccc(OC(F)(F)F)cc2-c2cccnc2)cc1. The molecule has 10 heteroatoms. The van der Waals surface area contributed by atoms with E-state index in [1.165, 1.54) is 18.2 Å². The molecular formula is C26H21F3N4O3. The fourth-order valence-corrected chi connectivity index (χ4v) is 3.33. The highest BCUT2D eigenvalue weighted by Gasteiger charge is 2.31. The lowest BCUT2D eigenvalue weighted by molar-refractivity contribution is -0.274. The zero-order chi connectivity index (χ0) is 25.4. The Kier molecular flexibility index (Phi) is 7.64. The Hall–Kier alpha value is -4.60. The molecule has 0 unspecified atom stereocenters. The van der Waals surface area contributed by atoms with Gasteiger partial charge < -0.3 is 20.1 Å². The van der Waals surface area contributed by atoms with Crippen molar-refractivity contribution in [2.24, 2.45) is 0 Å². The van der Waals surface area contributed by atoms with Crippen LogP contribution < -0.4 is 20.1 Å². The smallest absolute Gasteiger partial charge is 0.489 e. The molecule has 0 bridgehead atoms. The van der Waals surface area contributed by atoms with Crippen LogP contribution in [0.15, 0.2) is 91.5 Å². The van der Waals surface area contributed by atoms with Crippen molar-refractivity contribution >= 4 is 11.7 Å². The van der Waals surface area contributed by atoms with Crippen LogP contribution in [-0.2, 0) is 13.2 Å². The first-order valence-electron chi connectivity index (χ1n) is 10.8. The van der Waals surface area contributed by atoms with Crippen LogP contribution in [0.1, 0.15) is 11.1 Å². The maximum atomic E-state index is 12.7. The van der Waals surface area contributed by atoms with Gasteiger partial charge in [-0.2, -0.15) is 0 Å². The first kappa shape index (κ1) is 24.5. The van der Waals surface area contributed by atoms with Crippen LogP contribution in [0.3, 0.4) is 0 Å². The third-order valence-corrected chi connectivity index (χ3v) is 4.97. The summed E-state index contributed by atoms with van der Waals surface area (Å²) in [6.07, 6.45) is 1.66. The second-order valence-electron chi connectivity index (χ2n) is 7.59. The van der Waals surface area contributed by atoms with Gasteiger partial charge in [0.1, 0.15) is 18.1 Å². The maximum Gasteiger partial charge on any atom is 0.573 e. The number of pyridine rings is 2. The summed E-state index contributed by atoms with van der Waals surface area (Å²) in [7, 11) is 0. The Labute approximate surface area is 204 Å². The van der Waals surface area contributed by atoms with Gasteiger partial charge in [0.2, 0.25) is 0 Å². The molecule has 0 aliphatic rings. The van der Waals surface area contributed by atoms with Crippen LogP contribution >= 0.6 is 0 Å². The molecule has 0 saturated carbocycles. The van der Waals surface area contributed by atoms with Gasteiger partial charge in [-0.15, -0.1) is 13.2 Å². The van der Waals surface area contributed by atoms with Crippen molar-refractivity contribution in [3.05, 3.63) is 103 Å². The van der Waals surface area contributed by atoms with Crippen molar-refractivity contribution in [3.63, 3.8) is 0 Å². The van der Waals surface area contributed by atoms with Gasteiger partial charge in [-0.1, -0.05) is 18.2 Å². The first-order valence-corrected chi connectivity index (χ1v) is 10.8. The minimum absolute atomic E-state index is 0.0922. The molecule has 0 atom stereocenters. The van der Waals surface area contributed by atoms with Crippen molar-refractivity contribution in [3.8, 4) is 22.6 Å². The molecule has 2 amide bonds. The maximum absolute atomic E-state index is 12.7. The molecular weight excluding hydrogens is 473 g/mol. The molecule has 4 rings (SSSR count). The second-order valence-corrected chi connectivity index (χ2v) is 7.59. The van der Waals surface area contributed by atoms with Crippen LogP contribution in [0.5, 0.6) is 11.5 Å². The Morgan fingerprint density at radius 1 is 0.889 bits per heavy atom. The van der Waals surface area contributed by atoms with E-state index in [4.69, 9.17) is 4.74 Å². The van der Waals surface area contributed by atoms with Gasteiger partial charge in [0, 0.05) is 42.6 Å². The number of ether oxygens (including phenoxy) is 2. The van der Waals surface area contributed by atoms with E-state index in [1.54, 1.807) is 67.3 Å². The largest absolute Gasteiger partial charge is 0.573 e. The fourth-order valence-electron chi connectivity index (χ4n) is 3.33. The highest BCUT2D eigenvalue weighted by Crippen LogP contribution is 2.31. The van der Waals surface area contributed by atoms with Crippen LogP contribution in [0.2, 0.25) is 0 Å². The minimum atomic E-state index is -4.80. The van der Waals surface area contributed by atoms with E-state index >= 15 is 0 Å². The Balaban J connectivity index is 1.38. The summed E-state index contributed by atoms with van der Waals surface area (Å²) in [5.74, 6) is 0.186. The number of anilines is 1. The average Bonchev–Trinajstić information content (AvgIpc) is 2.88. The third kappa shape index (κ3) is 7.20. The molecule has 2 aromatic carbocycles. The summed E-state index contributed by atoms with van der Waals surface area (Å²) < 4.78 is 48.0. The summed E-state index contributed by atoms with van der Waals surface area (Å²) in [5, 5.41) is 5.47. The molecule has 2 N–H and O–H groups in total. The number of alkyl halides is 3. The van der Waals surface area contributed by atoms with Gasteiger partial charge in [-0.05, 0) is 65.2 Å². The molecule has 0 spiro atoms. The summed E-state index contributed by atoms with van der Waals surface area (Å²) in [5.41, 5.74) is 3.22. The number of rotatable bonds is 8. The zero-order valence-electron chi connectivity index (χ0n) is 18.8. The van der Waals surface area contributed by atoms with Gasteiger partial charge in [0.15, 0.2) is 0 Å². The highest BCUT2D eigenvalue weighted by atomic mass is 19.4. The van der Waals surface area contributed by atoms with E-state index in [1.807, 2.05) is 6.07 Å². The summed E-state index contributed by atoms with van der Waals surface area (Å²) in [4.78, 5) is 20.1. The number of halogens is 3. The van der Waals surface area contributed by atoms with E-state index in [0.717, 1.165) is 5.56 Å². The normalized spacial score (nSPS) is 11.0. The Morgan fingerprint density at radius 2 is 1.61 bits per heavy atom. The topological polar surface area (TPSA) is 85.4 Å². The van der Waals surface area contributed by atoms with E-state index in [-0.39, 0.29) is 18.4 Å². The van der Waals surface area contributed by atoms with Gasteiger partial charge in [-0.25, -0.2) is 4.79 Å². The van der Waals surface area contributed by atoms with Crippen molar-refractivity contribution in [2.75, 3.05) is 5.32 Å². The first-order chi connectivity index (χ1) is 17.4. The van der Waals surface area contributed by atoms with E-state index < -0.39 is 6.36 Å². The number of hydrogen-bond donors (Lipinski definition) is 2. The lowest BCUT2D eigenvalue weighted by Crippen LogP contribution is -2.28. The Bertz CT molecular complexity index is 1290. The predicted molar refractivity (Wildman–Crippen MR) is 127 cm³/mol. The molecule has 2 heterocycles. The molecule has 0 radical (unpaired) electrons. The number of nitrogens with zero attached hydrogens (tertiary/aromatic N) is 2. The summed E-state index contributed by atoms with van der Waals surface area (Å²) >= 11 is 0. The molecule has 4 aromatic rings. The summed E-state index contributed by atoms with van der Waals surface area (Å²) in [6.45, 7) is 0.432. The minimum Gasteiger partial charge on any atom is -0.489 e. The number of carbonyl (C=O) groups excluding carboxylic acids is 1. The van der Waals surface area contributed by atoms with Gasteiger partial charge in [-0.3, -0.25) is 9.97 Å². The van der Waals surface area contributed by atoms with Crippen molar-refractivity contribution in [1.82, 2.24) is 15.3 Å². The summed E-state index contributed by atoms with van der Waals surface area (Å²) in [6, 6.07) is 17.5. The van der Waals surface area contributed by atoms with Crippen LogP contribution in [-0.4, -0.2) is 22.4 Å². The lowest BCUT2D eigenvalue weighted by atomic mass is 10.0. The highest BCUT2D eigenvalue weighted by molar-refractivity contribution is 5.89.